The Bertz CT molecular complexity index is 911. The van der Waals surface area contributed by atoms with Gasteiger partial charge in [0.15, 0.2) is 6.61 Å². The van der Waals surface area contributed by atoms with Crippen LogP contribution in [0.1, 0.15) is 17.9 Å². The maximum atomic E-state index is 11.8. The van der Waals surface area contributed by atoms with Gasteiger partial charge in [-0.25, -0.2) is 0 Å². The van der Waals surface area contributed by atoms with Gasteiger partial charge < -0.3 is 14.6 Å². The first-order valence-electron chi connectivity index (χ1n) is 8.12. The van der Waals surface area contributed by atoms with Gasteiger partial charge in [-0.15, -0.1) is 0 Å². The molecule has 2 aromatic heterocycles. The number of hydrogen-bond donors (Lipinski definition) is 1. The largest absolute Gasteiger partial charge is 0.456 e. The van der Waals surface area contributed by atoms with Gasteiger partial charge in [0.1, 0.15) is 0 Å². The first-order valence-corrected chi connectivity index (χ1v) is 9.45. The number of benzene rings is 1. The second-order valence-corrected chi connectivity index (χ2v) is 6.74. The number of halogens is 1. The smallest absolute Gasteiger partial charge is 0.306 e. The molecule has 0 bridgehead atoms. The Morgan fingerprint density at radius 3 is 2.89 bits per heavy atom. The van der Waals surface area contributed by atoms with Crippen molar-refractivity contribution in [2.45, 2.75) is 19.4 Å². The number of thiophene rings is 1. The molecule has 0 aliphatic rings. The number of ether oxygens (including phenoxy) is 1. The number of hydrogen-bond acceptors (Lipinski definition) is 7. The Labute approximate surface area is 164 Å². The molecule has 0 fully saturated rings. The van der Waals surface area contributed by atoms with Crippen LogP contribution < -0.4 is 5.32 Å². The molecule has 0 saturated heterocycles. The van der Waals surface area contributed by atoms with Crippen molar-refractivity contribution in [3.63, 3.8) is 0 Å². The van der Waals surface area contributed by atoms with E-state index in [4.69, 9.17) is 20.9 Å². The Balaban J connectivity index is 1.37. The second-order valence-electron chi connectivity index (χ2n) is 5.55. The topological polar surface area (TPSA) is 94.3 Å². The Morgan fingerprint density at radius 2 is 2.11 bits per heavy atom. The number of carbonyl (C=O) groups excluding carboxylic acids is 2. The van der Waals surface area contributed by atoms with Crippen LogP contribution in [0.3, 0.4) is 0 Å². The molecule has 0 aliphatic carbocycles. The molecule has 1 N–H and O–H groups in total. The highest BCUT2D eigenvalue weighted by Gasteiger charge is 2.13. The Hall–Kier alpha value is -2.71. The lowest BCUT2D eigenvalue weighted by Gasteiger charge is -2.07. The molecule has 0 unspecified atom stereocenters. The third-order valence-corrected chi connectivity index (χ3v) is 4.64. The van der Waals surface area contributed by atoms with E-state index in [9.17, 15) is 9.59 Å². The van der Waals surface area contributed by atoms with E-state index in [0.29, 0.717) is 16.7 Å². The first kappa shape index (κ1) is 19.1. The lowest BCUT2D eigenvalue weighted by molar-refractivity contribution is -0.148. The molecule has 0 aliphatic heterocycles. The summed E-state index contributed by atoms with van der Waals surface area (Å²) in [5.74, 6) is -0.0890. The zero-order chi connectivity index (χ0) is 19.1. The van der Waals surface area contributed by atoms with Gasteiger partial charge in [0.25, 0.3) is 5.91 Å². The molecular formula is C18H16ClN3O4S. The van der Waals surface area contributed by atoms with Crippen LogP contribution in [0.5, 0.6) is 0 Å². The van der Waals surface area contributed by atoms with Crippen molar-refractivity contribution >= 4 is 34.8 Å². The zero-order valence-electron chi connectivity index (χ0n) is 14.2. The number of carbonyl (C=O) groups is 2. The molecule has 3 rings (SSSR count). The van der Waals surface area contributed by atoms with E-state index in [1.807, 2.05) is 35.0 Å². The summed E-state index contributed by atoms with van der Waals surface area (Å²) in [5.41, 5.74) is 1.66. The second kappa shape index (κ2) is 9.29. The average molecular weight is 406 g/mol. The fourth-order valence-corrected chi connectivity index (χ4v) is 3.02. The van der Waals surface area contributed by atoms with Gasteiger partial charge in [-0.05, 0) is 23.1 Å². The molecule has 1 aromatic carbocycles. The van der Waals surface area contributed by atoms with Crippen LogP contribution in [-0.2, 0) is 27.3 Å². The van der Waals surface area contributed by atoms with Crippen LogP contribution in [0.25, 0.3) is 11.4 Å². The number of nitrogens with zero attached hydrogens (tertiary/aromatic N) is 2. The molecule has 0 atom stereocenters. The average Bonchev–Trinajstić information content (AvgIpc) is 3.35. The summed E-state index contributed by atoms with van der Waals surface area (Å²) in [7, 11) is 0. The van der Waals surface area contributed by atoms with Crippen molar-refractivity contribution < 1.29 is 18.8 Å². The van der Waals surface area contributed by atoms with E-state index in [1.54, 1.807) is 6.07 Å². The quantitative estimate of drug-likeness (QED) is 0.578. The molecule has 2 heterocycles. The number of aromatic nitrogens is 2. The number of rotatable bonds is 8. The number of aryl methyl sites for hydroxylation is 1. The van der Waals surface area contributed by atoms with E-state index in [1.165, 1.54) is 11.3 Å². The lowest BCUT2D eigenvalue weighted by atomic mass is 10.2. The van der Waals surface area contributed by atoms with Gasteiger partial charge in [0, 0.05) is 28.9 Å². The van der Waals surface area contributed by atoms with E-state index in [-0.39, 0.29) is 26.0 Å². The Morgan fingerprint density at radius 1 is 1.26 bits per heavy atom. The third-order valence-electron chi connectivity index (χ3n) is 3.59. The van der Waals surface area contributed by atoms with Crippen molar-refractivity contribution in [2.24, 2.45) is 0 Å². The van der Waals surface area contributed by atoms with E-state index in [0.717, 1.165) is 11.1 Å². The predicted molar refractivity (Wildman–Crippen MR) is 100 cm³/mol. The fraction of sp³-hybridized carbons (Fsp3) is 0.222. The van der Waals surface area contributed by atoms with Crippen LogP contribution in [-0.4, -0.2) is 28.6 Å². The molecule has 1 amide bonds. The maximum Gasteiger partial charge on any atom is 0.306 e. The summed E-state index contributed by atoms with van der Waals surface area (Å²) in [6.45, 7) is -0.0866. The molecule has 27 heavy (non-hydrogen) atoms. The van der Waals surface area contributed by atoms with Crippen LogP contribution in [0, 0.1) is 0 Å². The summed E-state index contributed by atoms with van der Waals surface area (Å²) in [6.07, 6.45) is 0.292. The van der Waals surface area contributed by atoms with Gasteiger partial charge in [-0.1, -0.05) is 35.0 Å². The SMILES string of the molecule is O=C(COC(=O)CCc1nc(-c2ccsc2)no1)NCc1ccccc1Cl. The minimum atomic E-state index is -0.516. The summed E-state index contributed by atoms with van der Waals surface area (Å²) in [5, 5.41) is 10.9. The van der Waals surface area contributed by atoms with Crippen molar-refractivity contribution in [1.82, 2.24) is 15.5 Å². The van der Waals surface area contributed by atoms with Crippen LogP contribution in [0.4, 0.5) is 0 Å². The minimum Gasteiger partial charge on any atom is -0.456 e. The lowest BCUT2D eigenvalue weighted by Crippen LogP contribution is -2.28. The van der Waals surface area contributed by atoms with E-state index >= 15 is 0 Å². The van der Waals surface area contributed by atoms with Crippen molar-refractivity contribution in [3.05, 3.63) is 57.6 Å². The summed E-state index contributed by atoms with van der Waals surface area (Å²) < 4.78 is 10.1. The number of esters is 1. The highest BCUT2D eigenvalue weighted by atomic mass is 35.5. The molecule has 9 heteroatoms. The highest BCUT2D eigenvalue weighted by molar-refractivity contribution is 7.08. The summed E-state index contributed by atoms with van der Waals surface area (Å²) in [4.78, 5) is 27.8. The van der Waals surface area contributed by atoms with Gasteiger partial charge in [-0.3, -0.25) is 9.59 Å². The van der Waals surface area contributed by atoms with Crippen LogP contribution >= 0.6 is 22.9 Å². The fourth-order valence-electron chi connectivity index (χ4n) is 2.18. The summed E-state index contributed by atoms with van der Waals surface area (Å²) in [6, 6.07) is 9.07. The molecule has 0 spiro atoms. The molecule has 0 radical (unpaired) electrons. The maximum absolute atomic E-state index is 11.8. The standard InChI is InChI=1S/C18H16ClN3O4S/c19-14-4-2-1-3-12(14)9-20-15(23)10-25-17(24)6-5-16-21-18(22-26-16)13-7-8-27-11-13/h1-4,7-8,11H,5-6,9-10H2,(H,20,23). The zero-order valence-corrected chi connectivity index (χ0v) is 15.8. The summed E-state index contributed by atoms with van der Waals surface area (Å²) >= 11 is 7.55. The predicted octanol–water partition coefficient (Wildman–Crippen LogP) is 3.24. The minimum absolute atomic E-state index is 0.0447. The van der Waals surface area contributed by atoms with Gasteiger partial charge >= 0.3 is 5.97 Å². The normalized spacial score (nSPS) is 10.6. The van der Waals surface area contributed by atoms with E-state index in [2.05, 4.69) is 15.5 Å². The molecule has 140 valence electrons. The van der Waals surface area contributed by atoms with Crippen molar-refractivity contribution in [3.8, 4) is 11.4 Å². The first-order chi connectivity index (χ1) is 13.1. The molecule has 0 saturated carbocycles. The number of nitrogens with one attached hydrogen (secondary N) is 1. The monoisotopic (exact) mass is 405 g/mol. The highest BCUT2D eigenvalue weighted by Crippen LogP contribution is 2.19. The van der Waals surface area contributed by atoms with Crippen LogP contribution in [0.15, 0.2) is 45.6 Å². The van der Waals surface area contributed by atoms with Gasteiger partial charge in [-0.2, -0.15) is 16.3 Å². The van der Waals surface area contributed by atoms with Gasteiger partial charge in [0.05, 0.1) is 6.42 Å². The molecular weight excluding hydrogens is 390 g/mol. The van der Waals surface area contributed by atoms with E-state index < -0.39 is 11.9 Å². The third kappa shape index (κ3) is 5.63. The van der Waals surface area contributed by atoms with Gasteiger partial charge in [0.2, 0.25) is 11.7 Å². The molecule has 7 nitrogen and oxygen atoms in total. The number of amides is 1. The van der Waals surface area contributed by atoms with Crippen molar-refractivity contribution in [2.75, 3.05) is 6.61 Å². The molecule has 3 aromatic rings. The van der Waals surface area contributed by atoms with Crippen molar-refractivity contribution in [1.29, 1.82) is 0 Å². The Kier molecular flexibility index (Phi) is 6.56. The van der Waals surface area contributed by atoms with Crippen LogP contribution in [0.2, 0.25) is 5.02 Å².